The van der Waals surface area contributed by atoms with E-state index in [1.807, 2.05) is 6.07 Å². The maximum atomic E-state index is 12.0. The zero-order valence-electron chi connectivity index (χ0n) is 15.3. The van der Waals surface area contributed by atoms with Crippen molar-refractivity contribution in [2.75, 3.05) is 6.54 Å². The molecular weight excluding hydrogens is 346 g/mol. The Hall–Kier alpha value is -1.95. The van der Waals surface area contributed by atoms with E-state index in [0.717, 1.165) is 37.6 Å². The van der Waals surface area contributed by atoms with Crippen LogP contribution < -0.4 is 10.6 Å². The average molecular weight is 374 g/mol. The van der Waals surface area contributed by atoms with Gasteiger partial charge in [0.25, 0.3) is 0 Å². The summed E-state index contributed by atoms with van der Waals surface area (Å²) in [7, 11) is 0. The Balaban J connectivity index is 1.37. The molecule has 2 aromatic rings. The van der Waals surface area contributed by atoms with Gasteiger partial charge < -0.3 is 10.6 Å². The number of nitrogens with zero attached hydrogens (tertiary/aromatic N) is 1. The second kappa shape index (κ2) is 9.12. The highest BCUT2D eigenvalue weighted by atomic mass is 32.1. The van der Waals surface area contributed by atoms with Crippen LogP contribution >= 0.6 is 11.3 Å². The number of carbonyl (C=O) groups excluding carboxylic acids is 2. The molecule has 0 atom stereocenters. The summed E-state index contributed by atoms with van der Waals surface area (Å²) in [5, 5.41) is 7.10. The Kier molecular flexibility index (Phi) is 6.61. The van der Waals surface area contributed by atoms with Gasteiger partial charge in [-0.05, 0) is 50.2 Å². The Morgan fingerprint density at radius 3 is 2.69 bits per heavy atom. The molecule has 1 aliphatic carbocycles. The molecule has 1 fully saturated rings. The third-order valence-corrected chi connectivity index (χ3v) is 6.03. The molecule has 1 heterocycles. The first-order chi connectivity index (χ1) is 12.6. The van der Waals surface area contributed by atoms with Gasteiger partial charge >= 0.3 is 0 Å². The van der Waals surface area contributed by atoms with Gasteiger partial charge in [-0.25, -0.2) is 4.98 Å². The molecule has 5 nitrogen and oxygen atoms in total. The topological polar surface area (TPSA) is 71.1 Å². The highest BCUT2D eigenvalue weighted by molar-refractivity contribution is 7.18. The average Bonchev–Trinajstić information content (AvgIpc) is 3.02. The highest BCUT2D eigenvalue weighted by Crippen LogP contribution is 2.30. The van der Waals surface area contributed by atoms with Crippen LogP contribution in [0.4, 0.5) is 0 Å². The summed E-state index contributed by atoms with van der Waals surface area (Å²) in [6.07, 6.45) is 6.61. The van der Waals surface area contributed by atoms with E-state index in [1.165, 1.54) is 16.6 Å². The molecule has 140 valence electrons. The van der Waals surface area contributed by atoms with Crippen molar-refractivity contribution >= 4 is 33.4 Å². The third-order valence-electron chi connectivity index (χ3n) is 4.97. The summed E-state index contributed by atoms with van der Waals surface area (Å²) in [5.74, 6) is 0.727. The molecule has 26 heavy (non-hydrogen) atoms. The van der Waals surface area contributed by atoms with Crippen LogP contribution in [0.15, 0.2) is 24.3 Å². The number of rotatable bonds is 7. The molecule has 1 aromatic carbocycles. The number of para-hydroxylation sites is 1. The molecule has 0 radical (unpaired) electrons. The van der Waals surface area contributed by atoms with Crippen molar-refractivity contribution in [1.29, 1.82) is 0 Å². The number of nitrogens with one attached hydrogen (secondary N) is 2. The van der Waals surface area contributed by atoms with Crippen molar-refractivity contribution in [3.8, 4) is 0 Å². The predicted molar refractivity (Wildman–Crippen MR) is 105 cm³/mol. The van der Waals surface area contributed by atoms with Crippen LogP contribution in [0.25, 0.3) is 10.2 Å². The fourth-order valence-corrected chi connectivity index (χ4v) is 4.66. The number of benzene rings is 1. The number of fused-ring (bicyclic) bond motifs is 1. The van der Waals surface area contributed by atoms with Crippen LogP contribution in [0.2, 0.25) is 0 Å². The molecule has 0 unspecified atom stereocenters. The fourth-order valence-electron chi connectivity index (χ4n) is 3.58. The van der Waals surface area contributed by atoms with Crippen molar-refractivity contribution in [2.24, 2.45) is 5.92 Å². The number of carbonyl (C=O) groups is 2. The van der Waals surface area contributed by atoms with Crippen LogP contribution in [0.5, 0.6) is 0 Å². The Bertz CT molecular complexity index is 717. The van der Waals surface area contributed by atoms with Crippen LogP contribution in [0, 0.1) is 5.92 Å². The molecule has 1 aliphatic rings. The van der Waals surface area contributed by atoms with E-state index in [-0.39, 0.29) is 11.8 Å². The first-order valence-corrected chi connectivity index (χ1v) is 10.3. The number of aromatic nitrogens is 1. The molecule has 1 saturated carbocycles. The van der Waals surface area contributed by atoms with E-state index in [0.29, 0.717) is 31.3 Å². The molecule has 0 aliphatic heterocycles. The standard InChI is InChI=1S/C20H27N3O2S/c1-14(24)21-12-4-7-19(25)22-16-10-8-15(9-11-16)13-20-23-17-5-2-3-6-18(17)26-20/h2-3,5-6,15-16H,4,7-13H2,1H3,(H,21,24)(H,22,25). The fraction of sp³-hybridized carbons (Fsp3) is 0.550. The second-order valence-corrected chi connectivity index (χ2v) is 8.27. The SMILES string of the molecule is CC(=O)NCCCC(=O)NC1CCC(Cc2nc3ccccc3s2)CC1. The van der Waals surface area contributed by atoms with Crippen molar-refractivity contribution in [1.82, 2.24) is 15.6 Å². The number of amides is 2. The molecule has 6 heteroatoms. The maximum Gasteiger partial charge on any atom is 0.220 e. The van der Waals surface area contributed by atoms with Gasteiger partial charge in [-0.2, -0.15) is 0 Å². The Morgan fingerprint density at radius 2 is 1.96 bits per heavy atom. The summed E-state index contributed by atoms with van der Waals surface area (Å²) in [6.45, 7) is 2.06. The predicted octanol–water partition coefficient (Wildman–Crippen LogP) is 3.43. The van der Waals surface area contributed by atoms with Crippen LogP contribution in [-0.4, -0.2) is 29.4 Å². The number of hydrogen-bond acceptors (Lipinski definition) is 4. The van der Waals surface area contributed by atoms with E-state index in [1.54, 1.807) is 11.3 Å². The van der Waals surface area contributed by atoms with E-state index in [2.05, 4.69) is 28.8 Å². The van der Waals surface area contributed by atoms with Gasteiger partial charge in [0.15, 0.2) is 0 Å². The molecule has 0 bridgehead atoms. The zero-order chi connectivity index (χ0) is 18.4. The van der Waals surface area contributed by atoms with Crippen molar-refractivity contribution in [3.05, 3.63) is 29.3 Å². The van der Waals surface area contributed by atoms with Gasteiger partial charge in [0.05, 0.1) is 15.2 Å². The molecular formula is C20H27N3O2S. The van der Waals surface area contributed by atoms with Gasteiger partial charge in [-0.3, -0.25) is 9.59 Å². The molecule has 2 amide bonds. The summed E-state index contributed by atoms with van der Waals surface area (Å²) < 4.78 is 1.27. The minimum absolute atomic E-state index is 0.0446. The van der Waals surface area contributed by atoms with Crippen molar-refractivity contribution in [2.45, 2.75) is 57.9 Å². The van der Waals surface area contributed by atoms with Crippen molar-refractivity contribution < 1.29 is 9.59 Å². The monoisotopic (exact) mass is 373 g/mol. The molecule has 0 saturated heterocycles. The summed E-state index contributed by atoms with van der Waals surface area (Å²) >= 11 is 1.80. The largest absolute Gasteiger partial charge is 0.356 e. The molecule has 2 N–H and O–H groups in total. The maximum absolute atomic E-state index is 12.0. The summed E-state index contributed by atoms with van der Waals surface area (Å²) in [5.41, 5.74) is 1.10. The van der Waals surface area contributed by atoms with E-state index >= 15 is 0 Å². The smallest absolute Gasteiger partial charge is 0.220 e. The third kappa shape index (κ3) is 5.53. The number of hydrogen-bond donors (Lipinski definition) is 2. The summed E-state index contributed by atoms with van der Waals surface area (Å²) in [4.78, 5) is 27.5. The summed E-state index contributed by atoms with van der Waals surface area (Å²) in [6, 6.07) is 8.61. The van der Waals surface area contributed by atoms with Crippen LogP contribution in [0.1, 0.15) is 50.5 Å². The van der Waals surface area contributed by atoms with Crippen LogP contribution in [0.3, 0.4) is 0 Å². The lowest BCUT2D eigenvalue weighted by atomic mass is 9.84. The van der Waals surface area contributed by atoms with Gasteiger partial charge in [0, 0.05) is 32.4 Å². The first-order valence-electron chi connectivity index (χ1n) is 9.48. The lowest BCUT2D eigenvalue weighted by Gasteiger charge is -2.28. The van der Waals surface area contributed by atoms with Gasteiger partial charge in [-0.15, -0.1) is 11.3 Å². The van der Waals surface area contributed by atoms with Crippen molar-refractivity contribution in [3.63, 3.8) is 0 Å². The Morgan fingerprint density at radius 1 is 1.19 bits per heavy atom. The van der Waals surface area contributed by atoms with Crippen LogP contribution in [-0.2, 0) is 16.0 Å². The van der Waals surface area contributed by atoms with E-state index in [4.69, 9.17) is 4.98 Å². The molecule has 0 spiro atoms. The molecule has 1 aromatic heterocycles. The molecule has 3 rings (SSSR count). The zero-order valence-corrected chi connectivity index (χ0v) is 16.1. The first kappa shape index (κ1) is 18.8. The Labute approximate surface area is 158 Å². The van der Waals surface area contributed by atoms with Gasteiger partial charge in [-0.1, -0.05) is 12.1 Å². The normalized spacial score (nSPS) is 20.0. The lowest BCUT2D eigenvalue weighted by molar-refractivity contribution is -0.123. The van der Waals surface area contributed by atoms with E-state index in [9.17, 15) is 9.59 Å². The quantitative estimate of drug-likeness (QED) is 0.731. The number of thiazole rings is 1. The lowest BCUT2D eigenvalue weighted by Crippen LogP contribution is -2.38. The van der Waals surface area contributed by atoms with Gasteiger partial charge in [0.2, 0.25) is 11.8 Å². The minimum atomic E-state index is -0.0446. The highest BCUT2D eigenvalue weighted by Gasteiger charge is 2.23. The van der Waals surface area contributed by atoms with Gasteiger partial charge in [0.1, 0.15) is 0 Å². The van der Waals surface area contributed by atoms with E-state index < -0.39 is 0 Å². The minimum Gasteiger partial charge on any atom is -0.356 e. The second-order valence-electron chi connectivity index (χ2n) is 7.15.